The second-order valence-corrected chi connectivity index (χ2v) is 7.38. The highest BCUT2D eigenvalue weighted by molar-refractivity contribution is 6.42. The number of nitrogens with one attached hydrogen (secondary N) is 1. The van der Waals surface area contributed by atoms with Crippen molar-refractivity contribution in [3.63, 3.8) is 0 Å². The van der Waals surface area contributed by atoms with Crippen LogP contribution < -0.4 is 10.1 Å². The van der Waals surface area contributed by atoms with Crippen LogP contribution in [0, 0.1) is 0 Å². The second kappa shape index (κ2) is 8.55. The lowest BCUT2D eigenvalue weighted by molar-refractivity contribution is 0.306. The summed E-state index contributed by atoms with van der Waals surface area (Å²) in [5, 5.41) is 7.06. The Morgan fingerprint density at radius 1 is 0.714 bits per heavy atom. The van der Waals surface area contributed by atoms with Crippen LogP contribution in [0.25, 0.3) is 10.8 Å². The summed E-state index contributed by atoms with van der Waals surface area (Å²) in [6, 6.07) is 28.3. The fourth-order valence-corrected chi connectivity index (χ4v) is 3.44. The Morgan fingerprint density at radius 3 is 2.43 bits per heavy atom. The molecule has 0 fully saturated rings. The van der Waals surface area contributed by atoms with Gasteiger partial charge in [0.05, 0.1) is 10.0 Å². The van der Waals surface area contributed by atoms with Gasteiger partial charge in [-0.2, -0.15) is 0 Å². The fourth-order valence-electron chi connectivity index (χ4n) is 3.12. The minimum atomic E-state index is 0.442. The molecule has 0 saturated heterocycles. The molecule has 4 rings (SSSR count). The van der Waals surface area contributed by atoms with E-state index in [0.717, 1.165) is 29.1 Å². The van der Waals surface area contributed by atoms with Gasteiger partial charge in [-0.05, 0) is 46.8 Å². The number of benzene rings is 4. The molecule has 0 heterocycles. The highest BCUT2D eigenvalue weighted by Gasteiger charge is 2.03. The Kier molecular flexibility index (Phi) is 5.70. The summed E-state index contributed by atoms with van der Waals surface area (Å²) in [5.41, 5.74) is 3.26. The van der Waals surface area contributed by atoms with Crippen LogP contribution in [0.4, 0.5) is 5.69 Å². The van der Waals surface area contributed by atoms with Crippen molar-refractivity contribution >= 4 is 39.7 Å². The zero-order valence-electron chi connectivity index (χ0n) is 15.2. The largest absolute Gasteiger partial charge is 0.489 e. The summed E-state index contributed by atoms with van der Waals surface area (Å²) in [6.07, 6.45) is 0. The van der Waals surface area contributed by atoms with E-state index in [1.807, 2.05) is 24.3 Å². The first-order valence-electron chi connectivity index (χ1n) is 9.06. The van der Waals surface area contributed by atoms with Crippen LogP contribution in [0.5, 0.6) is 5.75 Å². The molecule has 0 aliphatic carbocycles. The number of halogens is 2. The maximum atomic E-state index is 6.07. The minimum Gasteiger partial charge on any atom is -0.489 e. The lowest BCUT2D eigenvalue weighted by Crippen LogP contribution is -2.01. The predicted molar refractivity (Wildman–Crippen MR) is 119 cm³/mol. The number of anilines is 1. The molecule has 2 nitrogen and oxygen atoms in total. The monoisotopic (exact) mass is 407 g/mol. The molecule has 0 aromatic heterocycles. The molecule has 4 aromatic rings. The first-order chi connectivity index (χ1) is 13.7. The quantitative estimate of drug-likeness (QED) is 0.360. The van der Waals surface area contributed by atoms with E-state index in [1.165, 1.54) is 10.8 Å². The van der Waals surface area contributed by atoms with Gasteiger partial charge >= 0.3 is 0 Å². The average molecular weight is 408 g/mol. The van der Waals surface area contributed by atoms with Crippen LogP contribution >= 0.6 is 23.2 Å². The Labute approximate surface area is 174 Å². The normalized spacial score (nSPS) is 10.8. The number of rotatable bonds is 6. The third kappa shape index (κ3) is 4.41. The third-order valence-electron chi connectivity index (χ3n) is 4.56. The third-order valence-corrected chi connectivity index (χ3v) is 5.30. The zero-order chi connectivity index (χ0) is 19.3. The lowest BCUT2D eigenvalue weighted by Gasteiger charge is -2.12. The lowest BCUT2D eigenvalue weighted by atomic mass is 10.1. The van der Waals surface area contributed by atoms with Crippen molar-refractivity contribution in [2.45, 2.75) is 13.2 Å². The van der Waals surface area contributed by atoms with E-state index in [-0.39, 0.29) is 0 Å². The molecule has 0 atom stereocenters. The standard InChI is InChI=1S/C24H19Cl2NO/c25-22-12-11-18(14-23(22)26)16-28-20-8-3-5-17(13-20)15-27-24-10-4-7-19-6-1-2-9-21(19)24/h1-14,27H,15-16H2. The Hall–Kier alpha value is -2.68. The van der Waals surface area contributed by atoms with Crippen LogP contribution in [0.2, 0.25) is 10.0 Å². The summed E-state index contributed by atoms with van der Waals surface area (Å²) in [6.45, 7) is 1.16. The summed E-state index contributed by atoms with van der Waals surface area (Å²) in [4.78, 5) is 0. The minimum absolute atomic E-state index is 0.442. The van der Waals surface area contributed by atoms with Crippen molar-refractivity contribution in [1.29, 1.82) is 0 Å². The Balaban J connectivity index is 1.42. The molecule has 140 valence electrons. The summed E-state index contributed by atoms with van der Waals surface area (Å²) in [7, 11) is 0. The summed E-state index contributed by atoms with van der Waals surface area (Å²) >= 11 is 12.0. The molecule has 28 heavy (non-hydrogen) atoms. The topological polar surface area (TPSA) is 21.3 Å². The molecule has 0 amide bonds. The molecule has 1 N–H and O–H groups in total. The van der Waals surface area contributed by atoms with Crippen molar-refractivity contribution in [3.05, 3.63) is 106 Å². The second-order valence-electron chi connectivity index (χ2n) is 6.56. The molecule has 0 unspecified atom stereocenters. The highest BCUT2D eigenvalue weighted by atomic mass is 35.5. The molecular formula is C24H19Cl2NO. The molecule has 0 aliphatic rings. The van der Waals surface area contributed by atoms with Crippen LogP contribution in [-0.2, 0) is 13.2 Å². The van der Waals surface area contributed by atoms with E-state index >= 15 is 0 Å². The Morgan fingerprint density at radius 2 is 1.54 bits per heavy atom. The smallest absolute Gasteiger partial charge is 0.120 e. The molecule has 0 spiro atoms. The van der Waals surface area contributed by atoms with Crippen LogP contribution in [0.15, 0.2) is 84.9 Å². The number of hydrogen-bond donors (Lipinski definition) is 1. The van der Waals surface area contributed by atoms with Gasteiger partial charge in [0, 0.05) is 17.6 Å². The van der Waals surface area contributed by atoms with Crippen molar-refractivity contribution in [3.8, 4) is 5.75 Å². The van der Waals surface area contributed by atoms with E-state index in [1.54, 1.807) is 6.07 Å². The Bertz CT molecular complexity index is 1110. The van der Waals surface area contributed by atoms with Crippen LogP contribution in [0.3, 0.4) is 0 Å². The average Bonchev–Trinajstić information content (AvgIpc) is 2.73. The van der Waals surface area contributed by atoms with E-state index in [0.29, 0.717) is 16.7 Å². The number of hydrogen-bond acceptors (Lipinski definition) is 2. The predicted octanol–water partition coefficient (Wildman–Crippen LogP) is 7.34. The van der Waals surface area contributed by atoms with Crippen molar-refractivity contribution < 1.29 is 4.74 Å². The summed E-state index contributed by atoms with van der Waals surface area (Å²) in [5.74, 6) is 0.822. The molecular weight excluding hydrogens is 389 g/mol. The van der Waals surface area contributed by atoms with Crippen molar-refractivity contribution in [1.82, 2.24) is 0 Å². The van der Waals surface area contributed by atoms with Crippen molar-refractivity contribution in [2.24, 2.45) is 0 Å². The summed E-state index contributed by atoms with van der Waals surface area (Å²) < 4.78 is 5.92. The van der Waals surface area contributed by atoms with Gasteiger partial charge in [0.15, 0.2) is 0 Å². The van der Waals surface area contributed by atoms with Gasteiger partial charge in [0.25, 0.3) is 0 Å². The van der Waals surface area contributed by atoms with Crippen LogP contribution in [0.1, 0.15) is 11.1 Å². The fraction of sp³-hybridized carbons (Fsp3) is 0.0833. The van der Waals surface area contributed by atoms with Gasteiger partial charge in [-0.3, -0.25) is 0 Å². The van der Waals surface area contributed by atoms with Gasteiger partial charge in [-0.1, -0.05) is 77.8 Å². The van der Waals surface area contributed by atoms with E-state index < -0.39 is 0 Å². The molecule has 0 radical (unpaired) electrons. The molecule has 4 heteroatoms. The maximum Gasteiger partial charge on any atom is 0.120 e. The van der Waals surface area contributed by atoms with E-state index in [9.17, 15) is 0 Å². The molecule has 0 bridgehead atoms. The van der Waals surface area contributed by atoms with E-state index in [4.69, 9.17) is 27.9 Å². The number of fused-ring (bicyclic) bond motifs is 1. The zero-order valence-corrected chi connectivity index (χ0v) is 16.7. The van der Waals surface area contributed by atoms with E-state index in [2.05, 4.69) is 59.9 Å². The van der Waals surface area contributed by atoms with Crippen molar-refractivity contribution in [2.75, 3.05) is 5.32 Å². The maximum absolute atomic E-state index is 6.07. The first kappa shape index (κ1) is 18.7. The SMILES string of the molecule is Clc1ccc(COc2cccc(CNc3cccc4ccccc34)c2)cc1Cl. The highest BCUT2D eigenvalue weighted by Crippen LogP contribution is 2.25. The van der Waals surface area contributed by atoms with Gasteiger partial charge in [-0.25, -0.2) is 0 Å². The molecule has 0 saturated carbocycles. The molecule has 0 aliphatic heterocycles. The van der Waals surface area contributed by atoms with Gasteiger partial charge in [-0.15, -0.1) is 0 Å². The van der Waals surface area contributed by atoms with Gasteiger partial charge in [0.1, 0.15) is 12.4 Å². The first-order valence-corrected chi connectivity index (χ1v) is 9.82. The van der Waals surface area contributed by atoms with Gasteiger partial charge in [0.2, 0.25) is 0 Å². The van der Waals surface area contributed by atoms with Gasteiger partial charge < -0.3 is 10.1 Å². The molecule has 4 aromatic carbocycles. The number of ether oxygens (including phenoxy) is 1. The van der Waals surface area contributed by atoms with Crippen LogP contribution in [-0.4, -0.2) is 0 Å².